The Morgan fingerprint density at radius 2 is 0.551 bits per heavy atom. The van der Waals surface area contributed by atoms with Crippen LogP contribution in [0.15, 0.2) is 0 Å². The highest BCUT2D eigenvalue weighted by Crippen LogP contribution is 2.19. The SMILES string of the molecule is CCCCCCCCCCCCCCCCCCCCCC(=O)OC[C@@H](COC(=O)CCCCCCCCCCCCCCCCC(C)CC)OC(=O)CCCCCCCCCCCCCC(C)C. The average Bonchev–Trinajstić information content (AvgIpc) is 3.34. The number of unbranched alkanes of at least 4 members (excludes halogenated alkanes) is 41. The Kier molecular flexibility index (Phi) is 54.4. The Morgan fingerprint density at radius 1 is 0.304 bits per heavy atom. The molecule has 6 heteroatoms. The van der Waals surface area contributed by atoms with Gasteiger partial charge in [-0.1, -0.05) is 317 Å². The lowest BCUT2D eigenvalue weighted by Gasteiger charge is -2.18. The van der Waals surface area contributed by atoms with E-state index in [9.17, 15) is 14.4 Å². The first-order valence-corrected chi connectivity index (χ1v) is 31.3. The van der Waals surface area contributed by atoms with Crippen LogP contribution in [-0.4, -0.2) is 37.2 Å². The van der Waals surface area contributed by atoms with Crippen LogP contribution in [0.3, 0.4) is 0 Å². The smallest absolute Gasteiger partial charge is 0.306 e. The van der Waals surface area contributed by atoms with Gasteiger partial charge >= 0.3 is 17.9 Å². The maximum atomic E-state index is 12.9. The lowest BCUT2D eigenvalue weighted by atomic mass is 9.99. The van der Waals surface area contributed by atoms with Crippen molar-refractivity contribution in [2.45, 2.75) is 362 Å². The monoisotopic (exact) mass is 975 g/mol. The summed E-state index contributed by atoms with van der Waals surface area (Å²) in [6.45, 7) is 11.5. The molecule has 1 unspecified atom stereocenters. The minimum Gasteiger partial charge on any atom is -0.462 e. The zero-order valence-corrected chi connectivity index (χ0v) is 47.5. The van der Waals surface area contributed by atoms with Crippen LogP contribution in [-0.2, 0) is 28.6 Å². The first-order chi connectivity index (χ1) is 33.8. The standard InChI is InChI=1S/C63H122O6/c1-6-8-9-10-11-12-13-14-15-16-17-18-19-23-28-33-38-43-48-53-61(64)67-56-60(69-63(66)55-50-45-40-35-30-25-26-31-36-41-46-51-58(3)4)57-68-62(65)54-49-44-39-34-29-24-21-20-22-27-32-37-42-47-52-59(5)7-2/h58-60H,6-57H2,1-5H3/t59?,60-/m0/s1. The van der Waals surface area contributed by atoms with E-state index in [0.717, 1.165) is 69.6 Å². The predicted octanol–water partition coefficient (Wildman–Crippen LogP) is 20.8. The normalized spacial score (nSPS) is 12.4. The van der Waals surface area contributed by atoms with Crippen molar-refractivity contribution in [3.8, 4) is 0 Å². The van der Waals surface area contributed by atoms with E-state index >= 15 is 0 Å². The van der Waals surface area contributed by atoms with Gasteiger partial charge in [0.2, 0.25) is 0 Å². The van der Waals surface area contributed by atoms with E-state index < -0.39 is 6.10 Å². The van der Waals surface area contributed by atoms with Crippen LogP contribution in [0.25, 0.3) is 0 Å². The second-order valence-electron chi connectivity index (χ2n) is 22.4. The van der Waals surface area contributed by atoms with Crippen LogP contribution in [0.1, 0.15) is 356 Å². The van der Waals surface area contributed by atoms with Gasteiger partial charge in [-0.2, -0.15) is 0 Å². The van der Waals surface area contributed by atoms with E-state index in [0.29, 0.717) is 19.3 Å². The number of esters is 3. The molecule has 0 aliphatic heterocycles. The van der Waals surface area contributed by atoms with Gasteiger partial charge in [0.25, 0.3) is 0 Å². The topological polar surface area (TPSA) is 78.9 Å². The molecule has 0 saturated heterocycles. The molecule has 2 atom stereocenters. The molecule has 0 heterocycles. The molecule has 0 N–H and O–H groups in total. The van der Waals surface area contributed by atoms with E-state index in [1.165, 1.54) is 244 Å². The lowest BCUT2D eigenvalue weighted by molar-refractivity contribution is -0.167. The molecule has 0 aliphatic carbocycles. The molecule has 0 aromatic rings. The van der Waals surface area contributed by atoms with Gasteiger partial charge in [0.15, 0.2) is 6.10 Å². The van der Waals surface area contributed by atoms with Gasteiger partial charge in [-0.25, -0.2) is 0 Å². The number of rotatable bonds is 57. The zero-order valence-electron chi connectivity index (χ0n) is 47.5. The fraction of sp³-hybridized carbons (Fsp3) is 0.952. The van der Waals surface area contributed by atoms with Crippen molar-refractivity contribution in [3.63, 3.8) is 0 Å². The van der Waals surface area contributed by atoms with E-state index in [2.05, 4.69) is 34.6 Å². The lowest BCUT2D eigenvalue weighted by Crippen LogP contribution is -2.30. The number of carbonyl (C=O) groups excluding carboxylic acids is 3. The Balaban J connectivity index is 4.27. The van der Waals surface area contributed by atoms with Gasteiger partial charge in [-0.05, 0) is 31.1 Å². The Bertz CT molecular complexity index is 1060. The second-order valence-corrected chi connectivity index (χ2v) is 22.4. The summed E-state index contributed by atoms with van der Waals surface area (Å²) >= 11 is 0. The van der Waals surface area contributed by atoms with Crippen molar-refractivity contribution >= 4 is 17.9 Å². The number of carbonyl (C=O) groups is 3. The van der Waals surface area contributed by atoms with Crippen molar-refractivity contribution in [1.29, 1.82) is 0 Å². The molecule has 0 radical (unpaired) electrons. The van der Waals surface area contributed by atoms with E-state index in [1.54, 1.807) is 0 Å². The molecular formula is C63H122O6. The summed E-state index contributed by atoms with van der Waals surface area (Å²) in [6.07, 6.45) is 60.9. The van der Waals surface area contributed by atoms with Crippen LogP contribution in [0.5, 0.6) is 0 Å². The average molecular weight is 976 g/mol. The summed E-state index contributed by atoms with van der Waals surface area (Å²) in [6, 6.07) is 0. The number of hydrogen-bond acceptors (Lipinski definition) is 6. The van der Waals surface area contributed by atoms with Gasteiger partial charge in [-0.3, -0.25) is 14.4 Å². The van der Waals surface area contributed by atoms with Crippen LogP contribution in [0, 0.1) is 11.8 Å². The summed E-state index contributed by atoms with van der Waals surface area (Å²) in [5.41, 5.74) is 0. The number of hydrogen-bond donors (Lipinski definition) is 0. The fourth-order valence-electron chi connectivity index (χ4n) is 9.73. The van der Waals surface area contributed by atoms with Gasteiger partial charge in [0, 0.05) is 19.3 Å². The van der Waals surface area contributed by atoms with Crippen molar-refractivity contribution in [1.82, 2.24) is 0 Å². The van der Waals surface area contributed by atoms with E-state index in [-0.39, 0.29) is 31.1 Å². The van der Waals surface area contributed by atoms with Crippen molar-refractivity contribution < 1.29 is 28.6 Å². The van der Waals surface area contributed by atoms with E-state index in [1.807, 2.05) is 0 Å². The van der Waals surface area contributed by atoms with Gasteiger partial charge in [0.05, 0.1) is 0 Å². The van der Waals surface area contributed by atoms with Crippen molar-refractivity contribution in [3.05, 3.63) is 0 Å². The minimum absolute atomic E-state index is 0.0623. The maximum absolute atomic E-state index is 12.9. The fourth-order valence-corrected chi connectivity index (χ4v) is 9.73. The van der Waals surface area contributed by atoms with Gasteiger partial charge < -0.3 is 14.2 Å². The molecule has 0 rings (SSSR count). The summed E-state index contributed by atoms with van der Waals surface area (Å²) in [5.74, 6) is 0.886. The molecule has 69 heavy (non-hydrogen) atoms. The molecule has 0 fully saturated rings. The Hall–Kier alpha value is -1.59. The third-order valence-electron chi connectivity index (χ3n) is 14.8. The molecular weight excluding hydrogens is 853 g/mol. The second kappa shape index (κ2) is 55.7. The largest absolute Gasteiger partial charge is 0.462 e. The Labute approximate surface area is 431 Å². The first kappa shape index (κ1) is 67.4. The quantitative estimate of drug-likeness (QED) is 0.0343. The minimum atomic E-state index is -0.764. The molecule has 0 aromatic heterocycles. The van der Waals surface area contributed by atoms with Crippen molar-refractivity contribution in [2.24, 2.45) is 11.8 Å². The molecule has 0 amide bonds. The predicted molar refractivity (Wildman–Crippen MR) is 298 cm³/mol. The highest BCUT2D eigenvalue weighted by molar-refractivity contribution is 5.71. The van der Waals surface area contributed by atoms with Crippen LogP contribution in [0.2, 0.25) is 0 Å². The summed E-state index contributed by atoms with van der Waals surface area (Å²) in [5, 5.41) is 0. The third-order valence-corrected chi connectivity index (χ3v) is 14.8. The third kappa shape index (κ3) is 55.6. The molecule has 410 valence electrons. The van der Waals surface area contributed by atoms with Crippen LogP contribution >= 0.6 is 0 Å². The molecule has 0 aliphatic rings. The highest BCUT2D eigenvalue weighted by Gasteiger charge is 2.19. The molecule has 0 spiro atoms. The molecule has 0 bridgehead atoms. The van der Waals surface area contributed by atoms with E-state index in [4.69, 9.17) is 14.2 Å². The maximum Gasteiger partial charge on any atom is 0.306 e. The van der Waals surface area contributed by atoms with Crippen LogP contribution < -0.4 is 0 Å². The Morgan fingerprint density at radius 3 is 0.826 bits per heavy atom. The molecule has 6 nitrogen and oxygen atoms in total. The summed E-state index contributed by atoms with van der Waals surface area (Å²) in [4.78, 5) is 38.3. The highest BCUT2D eigenvalue weighted by atomic mass is 16.6. The first-order valence-electron chi connectivity index (χ1n) is 31.3. The van der Waals surface area contributed by atoms with Crippen LogP contribution in [0.4, 0.5) is 0 Å². The molecule has 0 aromatic carbocycles. The summed E-state index contributed by atoms with van der Waals surface area (Å²) < 4.78 is 16.9. The molecule has 0 saturated carbocycles. The van der Waals surface area contributed by atoms with Gasteiger partial charge in [-0.15, -0.1) is 0 Å². The number of ether oxygens (including phenoxy) is 3. The summed E-state index contributed by atoms with van der Waals surface area (Å²) in [7, 11) is 0. The van der Waals surface area contributed by atoms with Crippen molar-refractivity contribution in [2.75, 3.05) is 13.2 Å². The zero-order chi connectivity index (χ0) is 50.4. The van der Waals surface area contributed by atoms with Gasteiger partial charge in [0.1, 0.15) is 13.2 Å².